The average molecular weight is 375 g/mol. The van der Waals surface area contributed by atoms with Crippen molar-refractivity contribution >= 4 is 11.9 Å². The third-order valence-corrected chi connectivity index (χ3v) is 4.11. The first-order chi connectivity index (χ1) is 11.7. The minimum absolute atomic E-state index is 0.252. The second kappa shape index (κ2) is 10.8. The fourth-order valence-electron chi connectivity index (χ4n) is 3.07. The molecule has 0 spiro atoms. The van der Waals surface area contributed by atoms with Crippen LogP contribution < -0.4 is 10.2 Å². The van der Waals surface area contributed by atoms with Gasteiger partial charge < -0.3 is 33.5 Å². The molecule has 0 aliphatic carbocycles. The Kier molecular flexibility index (Phi) is 10.4. The van der Waals surface area contributed by atoms with Crippen LogP contribution in [0.1, 0.15) is 39.0 Å². The van der Waals surface area contributed by atoms with Crippen molar-refractivity contribution in [2.75, 3.05) is 55.4 Å². The molecule has 7 heteroatoms. The Bertz CT molecular complexity index is 440. The summed E-state index contributed by atoms with van der Waals surface area (Å²) in [6.45, 7) is 2.98. The van der Waals surface area contributed by atoms with Gasteiger partial charge in [0.15, 0.2) is 0 Å². The van der Waals surface area contributed by atoms with Crippen LogP contribution in [0.25, 0.3) is 0 Å². The minimum atomic E-state index is -1.19. The molecule has 3 atom stereocenters. The SMILES string of the molecule is CCCCCC(C(=O)[O-])C(C[N+](C)(C)C)OC(CC(=O)[O-])C[N+](C)(C)C. The van der Waals surface area contributed by atoms with E-state index < -0.39 is 30.1 Å². The van der Waals surface area contributed by atoms with Crippen molar-refractivity contribution in [2.24, 2.45) is 5.92 Å². The van der Waals surface area contributed by atoms with Crippen LogP contribution >= 0.6 is 0 Å². The summed E-state index contributed by atoms with van der Waals surface area (Å²) in [7, 11) is 11.7. The van der Waals surface area contributed by atoms with Gasteiger partial charge in [0, 0.05) is 24.3 Å². The first kappa shape index (κ1) is 24.8. The Labute approximate surface area is 158 Å². The monoisotopic (exact) mass is 374 g/mol. The van der Waals surface area contributed by atoms with Crippen LogP contribution in [0.5, 0.6) is 0 Å². The van der Waals surface area contributed by atoms with Crippen molar-refractivity contribution < 1.29 is 33.5 Å². The Morgan fingerprint density at radius 2 is 1.46 bits per heavy atom. The van der Waals surface area contributed by atoms with E-state index >= 15 is 0 Å². The quantitative estimate of drug-likeness (QED) is 0.294. The fourth-order valence-corrected chi connectivity index (χ4v) is 3.07. The summed E-state index contributed by atoms with van der Waals surface area (Å²) in [6.07, 6.45) is 1.74. The largest absolute Gasteiger partial charge is 0.550 e. The van der Waals surface area contributed by atoms with Gasteiger partial charge in [-0.1, -0.05) is 26.2 Å². The molecule has 0 aromatic rings. The molecule has 7 nitrogen and oxygen atoms in total. The first-order valence-electron chi connectivity index (χ1n) is 9.42. The molecule has 0 aliphatic rings. The summed E-state index contributed by atoms with van der Waals surface area (Å²) in [6, 6.07) is 0. The zero-order valence-electron chi connectivity index (χ0n) is 17.6. The zero-order chi connectivity index (χ0) is 20.5. The van der Waals surface area contributed by atoms with E-state index in [0.29, 0.717) is 28.5 Å². The summed E-state index contributed by atoms with van der Waals surface area (Å²) in [4.78, 5) is 22.9. The van der Waals surface area contributed by atoms with Gasteiger partial charge in [0.2, 0.25) is 0 Å². The topological polar surface area (TPSA) is 89.5 Å². The van der Waals surface area contributed by atoms with Crippen LogP contribution in [0, 0.1) is 5.92 Å². The van der Waals surface area contributed by atoms with Gasteiger partial charge in [-0.3, -0.25) is 0 Å². The van der Waals surface area contributed by atoms with Gasteiger partial charge in [-0.05, 0) is 6.42 Å². The number of likely N-dealkylation sites (N-methyl/N-ethyl adjacent to an activating group) is 2. The summed E-state index contributed by atoms with van der Waals surface area (Å²) < 4.78 is 7.13. The molecule has 3 unspecified atom stereocenters. The lowest BCUT2D eigenvalue weighted by Gasteiger charge is -2.38. The second-order valence-electron chi connectivity index (χ2n) is 9.24. The van der Waals surface area contributed by atoms with Crippen LogP contribution in [0.15, 0.2) is 0 Å². The number of quaternary nitrogens is 2. The predicted molar refractivity (Wildman–Crippen MR) is 96.7 cm³/mol. The number of aliphatic carboxylic acids is 2. The number of hydrogen-bond acceptors (Lipinski definition) is 5. The Balaban J connectivity index is 5.44. The Morgan fingerprint density at radius 3 is 1.85 bits per heavy atom. The highest BCUT2D eigenvalue weighted by atomic mass is 16.5. The molecule has 26 heavy (non-hydrogen) atoms. The predicted octanol–water partition coefficient (Wildman–Crippen LogP) is -0.761. The van der Waals surface area contributed by atoms with E-state index in [4.69, 9.17) is 4.74 Å². The number of unbranched alkanes of at least 4 members (excludes halogenated alkanes) is 2. The van der Waals surface area contributed by atoms with Gasteiger partial charge in [-0.15, -0.1) is 0 Å². The maximum Gasteiger partial charge on any atom is 0.115 e. The molecule has 0 heterocycles. The molecular formula is C19H38N2O5. The number of carboxylic acid groups (broad SMARTS) is 2. The third kappa shape index (κ3) is 12.2. The molecule has 0 rings (SSSR count). The molecule has 0 N–H and O–H groups in total. The van der Waals surface area contributed by atoms with Gasteiger partial charge in [0.1, 0.15) is 25.3 Å². The van der Waals surface area contributed by atoms with E-state index in [-0.39, 0.29) is 6.42 Å². The van der Waals surface area contributed by atoms with Crippen molar-refractivity contribution in [3.63, 3.8) is 0 Å². The number of carboxylic acids is 2. The van der Waals surface area contributed by atoms with Crippen LogP contribution in [-0.2, 0) is 14.3 Å². The molecular weight excluding hydrogens is 336 g/mol. The van der Waals surface area contributed by atoms with Gasteiger partial charge >= 0.3 is 0 Å². The number of rotatable bonds is 14. The lowest BCUT2D eigenvalue weighted by molar-refractivity contribution is -0.878. The normalized spacial score (nSPS) is 16.1. The molecule has 0 radical (unpaired) electrons. The molecule has 0 saturated heterocycles. The van der Waals surface area contributed by atoms with Crippen LogP contribution in [0.2, 0.25) is 0 Å². The summed E-state index contributed by atoms with van der Waals surface area (Å²) in [5, 5.41) is 22.9. The molecule has 0 bridgehead atoms. The van der Waals surface area contributed by atoms with Gasteiger partial charge in [0.05, 0.1) is 42.3 Å². The van der Waals surface area contributed by atoms with E-state index in [2.05, 4.69) is 6.92 Å². The number of nitrogens with zero attached hydrogens (tertiary/aromatic N) is 2. The Morgan fingerprint density at radius 1 is 0.923 bits per heavy atom. The van der Waals surface area contributed by atoms with Gasteiger partial charge in [-0.25, -0.2) is 0 Å². The van der Waals surface area contributed by atoms with Crippen molar-refractivity contribution in [3.05, 3.63) is 0 Å². The maximum absolute atomic E-state index is 11.8. The lowest BCUT2D eigenvalue weighted by atomic mass is 9.94. The number of carbonyl (C=O) groups is 2. The highest BCUT2D eigenvalue weighted by Gasteiger charge is 2.32. The van der Waals surface area contributed by atoms with Crippen LogP contribution in [0.3, 0.4) is 0 Å². The summed E-state index contributed by atoms with van der Waals surface area (Å²) in [5.74, 6) is -3.07. The van der Waals surface area contributed by atoms with Gasteiger partial charge in [0.25, 0.3) is 0 Å². The highest BCUT2D eigenvalue weighted by Crippen LogP contribution is 2.21. The summed E-state index contributed by atoms with van der Waals surface area (Å²) >= 11 is 0. The molecule has 0 aromatic heterocycles. The molecule has 0 fully saturated rings. The standard InChI is InChI=1S/C19H38N2O5/c1-8-9-10-11-16(19(24)25)17(14-21(5,6)7)26-15(12-18(22)23)13-20(2,3)4/h15-17H,8-14H2,1-7H3. The fraction of sp³-hybridized carbons (Fsp3) is 0.895. The van der Waals surface area contributed by atoms with E-state index in [1.54, 1.807) is 0 Å². The Hall–Kier alpha value is -1.18. The molecule has 0 aromatic carbocycles. The maximum atomic E-state index is 11.8. The second-order valence-corrected chi connectivity index (χ2v) is 9.24. The third-order valence-electron chi connectivity index (χ3n) is 4.11. The molecule has 154 valence electrons. The minimum Gasteiger partial charge on any atom is -0.550 e. The summed E-state index contributed by atoms with van der Waals surface area (Å²) in [5.41, 5.74) is 0. The van der Waals surface area contributed by atoms with Gasteiger partial charge in [-0.2, -0.15) is 0 Å². The smallest absolute Gasteiger partial charge is 0.115 e. The molecule has 0 saturated carbocycles. The van der Waals surface area contributed by atoms with Crippen LogP contribution in [-0.4, -0.2) is 88.5 Å². The number of ether oxygens (including phenoxy) is 1. The lowest BCUT2D eigenvalue weighted by Crippen LogP contribution is -2.53. The molecule has 0 amide bonds. The van der Waals surface area contributed by atoms with E-state index in [1.165, 1.54) is 0 Å². The number of hydrogen-bond donors (Lipinski definition) is 0. The van der Waals surface area contributed by atoms with Crippen molar-refractivity contribution in [2.45, 2.75) is 51.2 Å². The number of carbonyl (C=O) groups excluding carboxylic acids is 2. The average Bonchev–Trinajstić information content (AvgIpc) is 2.38. The van der Waals surface area contributed by atoms with Crippen molar-refractivity contribution in [1.29, 1.82) is 0 Å². The molecule has 0 aliphatic heterocycles. The van der Waals surface area contributed by atoms with Crippen molar-refractivity contribution in [3.8, 4) is 0 Å². The van der Waals surface area contributed by atoms with Crippen molar-refractivity contribution in [1.82, 2.24) is 0 Å². The van der Waals surface area contributed by atoms with Crippen LogP contribution in [0.4, 0.5) is 0 Å². The van der Waals surface area contributed by atoms with E-state index in [0.717, 1.165) is 19.3 Å². The first-order valence-corrected chi connectivity index (χ1v) is 9.42. The zero-order valence-corrected chi connectivity index (χ0v) is 17.6. The van der Waals surface area contributed by atoms with E-state index in [1.807, 2.05) is 42.3 Å². The van der Waals surface area contributed by atoms with E-state index in [9.17, 15) is 19.8 Å². The highest BCUT2D eigenvalue weighted by molar-refractivity contribution is 5.68.